The minimum Gasteiger partial charge on any atom is -0.347 e. The van der Waals surface area contributed by atoms with Crippen LogP contribution in [0, 0.1) is 5.82 Å². The molecule has 0 N–H and O–H groups in total. The molecule has 7 nitrogen and oxygen atoms in total. The monoisotopic (exact) mass is 614 g/mol. The van der Waals surface area contributed by atoms with E-state index in [1.165, 1.54) is 6.07 Å². The van der Waals surface area contributed by atoms with E-state index >= 15 is 0 Å². The second-order valence-electron chi connectivity index (χ2n) is 10.5. The fourth-order valence-electron chi connectivity index (χ4n) is 5.54. The van der Waals surface area contributed by atoms with Gasteiger partial charge in [0.15, 0.2) is 0 Å². The molecular formula is C29H33BrClFN6O. The van der Waals surface area contributed by atoms with Gasteiger partial charge in [-0.05, 0) is 63.6 Å². The SMILES string of the molecule is C[C@@H]1CN(C(=O)CCCn2ccc3cc(Cl)ccc32)C[C@H](C)N1Cc1cn([C@@H](C)c2ccc(Br)cc2F)nn1. The smallest absolute Gasteiger partial charge is 0.222 e. The molecule has 5 rings (SSSR count). The molecule has 2 aromatic heterocycles. The molecule has 3 atom stereocenters. The molecule has 0 unspecified atom stereocenters. The van der Waals surface area contributed by atoms with Crippen molar-refractivity contribution >= 4 is 44.3 Å². The summed E-state index contributed by atoms with van der Waals surface area (Å²) in [5.74, 6) is -0.0762. The van der Waals surface area contributed by atoms with Crippen LogP contribution >= 0.6 is 27.5 Å². The van der Waals surface area contributed by atoms with Crippen LogP contribution in [-0.2, 0) is 17.9 Å². The fraction of sp³-hybridized carbons (Fsp3) is 0.414. The summed E-state index contributed by atoms with van der Waals surface area (Å²) in [5.41, 5.74) is 2.53. The first-order chi connectivity index (χ1) is 18.7. The number of carbonyl (C=O) groups is 1. The van der Waals surface area contributed by atoms with Crippen LogP contribution < -0.4 is 0 Å². The van der Waals surface area contributed by atoms with Gasteiger partial charge in [-0.25, -0.2) is 9.07 Å². The van der Waals surface area contributed by atoms with E-state index in [2.05, 4.69) is 61.8 Å². The van der Waals surface area contributed by atoms with Crippen LogP contribution in [0.15, 0.2) is 59.3 Å². The van der Waals surface area contributed by atoms with Crippen LogP contribution in [0.1, 0.15) is 50.9 Å². The third-order valence-electron chi connectivity index (χ3n) is 7.69. The molecule has 2 aromatic carbocycles. The average molecular weight is 616 g/mol. The lowest BCUT2D eigenvalue weighted by Gasteiger charge is -2.44. The van der Waals surface area contributed by atoms with Crippen molar-refractivity contribution in [3.8, 4) is 0 Å². The van der Waals surface area contributed by atoms with E-state index in [4.69, 9.17) is 11.6 Å². The summed E-state index contributed by atoms with van der Waals surface area (Å²) in [6.45, 7) is 9.00. The predicted molar refractivity (Wildman–Crippen MR) is 155 cm³/mol. The summed E-state index contributed by atoms with van der Waals surface area (Å²) in [6, 6.07) is 13.1. The zero-order valence-corrected chi connectivity index (χ0v) is 24.7. The number of carbonyl (C=O) groups excluding carboxylic acids is 1. The lowest BCUT2D eigenvalue weighted by molar-refractivity contribution is -0.135. The topological polar surface area (TPSA) is 59.2 Å². The lowest BCUT2D eigenvalue weighted by atomic mass is 10.1. The standard InChI is InChI=1S/C29H33BrClFN6O/c1-19-15-36(29(39)5-4-11-35-12-10-22-13-24(31)7-9-28(22)35)16-20(2)37(19)17-25-18-38(34-33-25)21(3)26-8-6-23(30)14-27(26)32/h6-10,12-14,18-21H,4-5,11,15-17H2,1-3H3/t19-,20+,21-/m0/s1. The summed E-state index contributed by atoms with van der Waals surface area (Å²) in [4.78, 5) is 17.4. The fourth-order valence-corrected chi connectivity index (χ4v) is 6.06. The number of hydrogen-bond donors (Lipinski definition) is 0. The van der Waals surface area contributed by atoms with E-state index in [1.807, 2.05) is 42.3 Å². The summed E-state index contributed by atoms with van der Waals surface area (Å²) in [7, 11) is 0. The van der Waals surface area contributed by atoms with Crippen molar-refractivity contribution in [2.75, 3.05) is 13.1 Å². The first-order valence-corrected chi connectivity index (χ1v) is 14.5. The number of halogens is 3. The number of benzene rings is 2. The van der Waals surface area contributed by atoms with E-state index in [1.54, 1.807) is 10.7 Å². The first-order valence-electron chi connectivity index (χ1n) is 13.3. The van der Waals surface area contributed by atoms with E-state index in [0.29, 0.717) is 36.1 Å². The Balaban J connectivity index is 1.14. The van der Waals surface area contributed by atoms with E-state index in [0.717, 1.165) is 34.6 Å². The van der Waals surface area contributed by atoms with Gasteiger partial charge in [-0.2, -0.15) is 0 Å². The highest BCUT2D eigenvalue weighted by Crippen LogP contribution is 2.25. The second kappa shape index (κ2) is 11.8. The van der Waals surface area contributed by atoms with E-state index in [-0.39, 0.29) is 29.8 Å². The molecule has 39 heavy (non-hydrogen) atoms. The molecule has 1 fully saturated rings. The largest absolute Gasteiger partial charge is 0.347 e. The van der Waals surface area contributed by atoms with Crippen molar-refractivity contribution in [3.63, 3.8) is 0 Å². The quantitative estimate of drug-likeness (QED) is 0.234. The number of fused-ring (bicyclic) bond motifs is 1. The Morgan fingerprint density at radius 2 is 1.92 bits per heavy atom. The number of rotatable bonds is 8. The molecule has 10 heteroatoms. The van der Waals surface area contributed by atoms with Crippen LogP contribution in [0.5, 0.6) is 0 Å². The molecule has 206 valence electrons. The van der Waals surface area contributed by atoms with Gasteiger partial charge < -0.3 is 9.47 Å². The molecule has 1 aliphatic rings. The minimum absolute atomic E-state index is 0.183. The van der Waals surface area contributed by atoms with Crippen LogP contribution in [0.4, 0.5) is 4.39 Å². The van der Waals surface area contributed by atoms with E-state index < -0.39 is 0 Å². The number of amides is 1. The van der Waals surface area contributed by atoms with Crippen molar-refractivity contribution < 1.29 is 9.18 Å². The Hall–Kier alpha value is -2.75. The molecule has 0 spiro atoms. The maximum atomic E-state index is 14.5. The zero-order chi connectivity index (χ0) is 27.7. The molecule has 0 aliphatic carbocycles. The number of aromatic nitrogens is 4. The minimum atomic E-state index is -0.274. The molecule has 1 saturated heterocycles. The number of aryl methyl sites for hydroxylation is 1. The van der Waals surface area contributed by atoms with Crippen LogP contribution in [0.25, 0.3) is 10.9 Å². The van der Waals surface area contributed by atoms with Gasteiger partial charge in [-0.15, -0.1) is 5.10 Å². The van der Waals surface area contributed by atoms with Gasteiger partial charge in [-0.1, -0.05) is 38.8 Å². The van der Waals surface area contributed by atoms with Crippen LogP contribution in [0.2, 0.25) is 5.02 Å². The number of piperazine rings is 1. The van der Waals surface area contributed by atoms with Crippen LogP contribution in [0.3, 0.4) is 0 Å². The van der Waals surface area contributed by atoms with Gasteiger partial charge in [-0.3, -0.25) is 9.69 Å². The van der Waals surface area contributed by atoms with Gasteiger partial charge >= 0.3 is 0 Å². The van der Waals surface area contributed by atoms with Crippen LogP contribution in [-0.4, -0.2) is 60.4 Å². The lowest BCUT2D eigenvalue weighted by Crippen LogP contribution is -2.57. The number of hydrogen-bond acceptors (Lipinski definition) is 4. The van der Waals surface area contributed by atoms with Crippen molar-refractivity contribution in [3.05, 3.63) is 81.4 Å². The molecule has 0 saturated carbocycles. The highest BCUT2D eigenvalue weighted by atomic mass is 79.9. The summed E-state index contributed by atoms with van der Waals surface area (Å²) < 4.78 is 19.1. The third kappa shape index (κ3) is 6.21. The number of nitrogens with zero attached hydrogens (tertiary/aromatic N) is 6. The Kier molecular flexibility index (Phi) is 8.40. The Labute approximate surface area is 241 Å². The molecule has 0 bridgehead atoms. The van der Waals surface area contributed by atoms with Gasteiger partial charge in [0.05, 0.1) is 17.9 Å². The van der Waals surface area contributed by atoms with Crippen molar-refractivity contribution in [2.45, 2.75) is 64.8 Å². The predicted octanol–water partition coefficient (Wildman–Crippen LogP) is 6.30. The maximum absolute atomic E-state index is 14.5. The summed E-state index contributed by atoms with van der Waals surface area (Å²) in [6.07, 6.45) is 5.25. The van der Waals surface area contributed by atoms with Crippen molar-refractivity contribution in [1.29, 1.82) is 0 Å². The van der Waals surface area contributed by atoms with E-state index in [9.17, 15) is 9.18 Å². The molecule has 3 heterocycles. The third-order valence-corrected chi connectivity index (χ3v) is 8.42. The maximum Gasteiger partial charge on any atom is 0.222 e. The van der Waals surface area contributed by atoms with Crippen molar-refractivity contribution in [2.24, 2.45) is 0 Å². The molecule has 0 radical (unpaired) electrons. The van der Waals surface area contributed by atoms with Gasteiger partial charge in [0.25, 0.3) is 0 Å². The summed E-state index contributed by atoms with van der Waals surface area (Å²) in [5, 5.41) is 10.5. The van der Waals surface area contributed by atoms with Gasteiger partial charge in [0, 0.05) is 76.8 Å². The summed E-state index contributed by atoms with van der Waals surface area (Å²) >= 11 is 9.41. The molecular weight excluding hydrogens is 583 g/mol. The Bertz CT molecular complexity index is 1460. The zero-order valence-electron chi connectivity index (χ0n) is 22.4. The van der Waals surface area contributed by atoms with Gasteiger partial charge in [0.1, 0.15) is 5.82 Å². The Morgan fingerprint density at radius 3 is 2.67 bits per heavy atom. The highest BCUT2D eigenvalue weighted by Gasteiger charge is 2.32. The van der Waals surface area contributed by atoms with Gasteiger partial charge in [0.2, 0.25) is 5.91 Å². The highest BCUT2D eigenvalue weighted by molar-refractivity contribution is 9.10. The normalized spacial score (nSPS) is 19.1. The molecule has 1 aliphatic heterocycles. The molecule has 1 amide bonds. The average Bonchev–Trinajstić information content (AvgIpc) is 3.52. The van der Waals surface area contributed by atoms with Crippen molar-refractivity contribution in [1.82, 2.24) is 29.4 Å². The second-order valence-corrected chi connectivity index (χ2v) is 11.9. The first kappa shape index (κ1) is 27.8. The Morgan fingerprint density at radius 1 is 1.15 bits per heavy atom. The molecule has 4 aromatic rings.